The lowest BCUT2D eigenvalue weighted by molar-refractivity contribution is -0.125. The molecule has 1 amide bonds. The molecule has 2 aromatic carbocycles. The summed E-state index contributed by atoms with van der Waals surface area (Å²) in [5.74, 6) is 0.870. The van der Waals surface area contributed by atoms with E-state index in [-0.39, 0.29) is 11.5 Å². The zero-order chi connectivity index (χ0) is 21.5. The minimum absolute atomic E-state index is 0.115. The second-order valence-corrected chi connectivity index (χ2v) is 7.66. The smallest absolute Gasteiger partial charge is 0.264 e. The van der Waals surface area contributed by atoms with Crippen LogP contribution in [-0.4, -0.2) is 30.5 Å². The van der Waals surface area contributed by atoms with Crippen LogP contribution in [0.4, 0.5) is 0 Å². The van der Waals surface area contributed by atoms with E-state index in [1.165, 1.54) is 0 Å². The lowest BCUT2D eigenvalue weighted by Gasteiger charge is -2.15. The van der Waals surface area contributed by atoms with E-state index in [9.17, 15) is 10.1 Å². The van der Waals surface area contributed by atoms with Crippen molar-refractivity contribution in [3.05, 3.63) is 63.1 Å². The molecule has 1 saturated heterocycles. The summed E-state index contributed by atoms with van der Waals surface area (Å²) in [5.41, 5.74) is 1.69. The Morgan fingerprint density at radius 2 is 1.87 bits per heavy atom. The summed E-state index contributed by atoms with van der Waals surface area (Å²) in [6.07, 6.45) is 3.54. The van der Waals surface area contributed by atoms with Crippen LogP contribution in [-0.2, 0) is 11.4 Å². The first-order valence-electron chi connectivity index (χ1n) is 9.76. The largest absolute Gasteiger partial charge is 0.490 e. The van der Waals surface area contributed by atoms with Gasteiger partial charge in [-0.1, -0.05) is 35.3 Å². The van der Waals surface area contributed by atoms with Crippen molar-refractivity contribution in [2.24, 2.45) is 0 Å². The molecule has 1 fully saturated rings. The first-order chi connectivity index (χ1) is 14.5. The average molecular weight is 445 g/mol. The van der Waals surface area contributed by atoms with Crippen LogP contribution in [0.15, 0.2) is 42.0 Å². The van der Waals surface area contributed by atoms with Crippen LogP contribution in [0, 0.1) is 11.3 Å². The topological polar surface area (TPSA) is 62.6 Å². The molecule has 1 aliphatic heterocycles. The van der Waals surface area contributed by atoms with Gasteiger partial charge in [0.1, 0.15) is 18.2 Å². The quantitative estimate of drug-likeness (QED) is 0.417. The number of carbonyl (C=O) groups is 1. The predicted molar refractivity (Wildman–Crippen MR) is 118 cm³/mol. The number of likely N-dealkylation sites (tertiary alicyclic amines) is 1. The maximum absolute atomic E-state index is 12.5. The summed E-state index contributed by atoms with van der Waals surface area (Å²) in [7, 11) is 0. The monoisotopic (exact) mass is 444 g/mol. The molecule has 3 rings (SSSR count). The van der Waals surface area contributed by atoms with Gasteiger partial charge in [-0.25, -0.2) is 0 Å². The van der Waals surface area contributed by atoms with E-state index in [4.69, 9.17) is 32.7 Å². The minimum atomic E-state index is -0.229. The molecule has 0 radical (unpaired) electrons. The Kier molecular flexibility index (Phi) is 7.62. The van der Waals surface area contributed by atoms with Gasteiger partial charge >= 0.3 is 0 Å². The number of amides is 1. The van der Waals surface area contributed by atoms with Gasteiger partial charge in [-0.3, -0.25) is 4.79 Å². The van der Waals surface area contributed by atoms with Crippen LogP contribution < -0.4 is 9.47 Å². The molecular formula is C23H22Cl2N2O3. The summed E-state index contributed by atoms with van der Waals surface area (Å²) in [6.45, 7) is 4.02. The highest BCUT2D eigenvalue weighted by Crippen LogP contribution is 2.31. The third-order valence-electron chi connectivity index (χ3n) is 4.70. The van der Waals surface area contributed by atoms with E-state index in [2.05, 4.69) is 0 Å². The van der Waals surface area contributed by atoms with Gasteiger partial charge in [0, 0.05) is 13.1 Å². The van der Waals surface area contributed by atoms with Gasteiger partial charge in [0.25, 0.3) is 5.91 Å². The third kappa shape index (κ3) is 5.47. The van der Waals surface area contributed by atoms with Crippen LogP contribution in [0.2, 0.25) is 10.0 Å². The summed E-state index contributed by atoms with van der Waals surface area (Å²) in [4.78, 5) is 14.2. The number of carbonyl (C=O) groups excluding carboxylic acids is 1. The molecule has 30 heavy (non-hydrogen) atoms. The van der Waals surface area contributed by atoms with Crippen molar-refractivity contribution in [1.82, 2.24) is 4.90 Å². The molecule has 7 heteroatoms. The van der Waals surface area contributed by atoms with Crippen LogP contribution in [0.5, 0.6) is 11.5 Å². The van der Waals surface area contributed by atoms with Gasteiger partial charge < -0.3 is 14.4 Å². The van der Waals surface area contributed by atoms with Gasteiger partial charge in [-0.05, 0) is 61.2 Å². The van der Waals surface area contributed by atoms with Crippen molar-refractivity contribution in [3.8, 4) is 17.6 Å². The van der Waals surface area contributed by atoms with Gasteiger partial charge in [0.2, 0.25) is 0 Å². The van der Waals surface area contributed by atoms with E-state index >= 15 is 0 Å². The number of hydrogen-bond acceptors (Lipinski definition) is 4. The maximum Gasteiger partial charge on any atom is 0.264 e. The summed E-state index contributed by atoms with van der Waals surface area (Å²) in [6, 6.07) is 12.7. The molecule has 5 nitrogen and oxygen atoms in total. The fourth-order valence-electron chi connectivity index (χ4n) is 3.19. The molecule has 1 aliphatic rings. The summed E-state index contributed by atoms with van der Waals surface area (Å²) >= 11 is 12.0. The molecular weight excluding hydrogens is 423 g/mol. The van der Waals surface area contributed by atoms with Crippen molar-refractivity contribution in [2.75, 3.05) is 19.7 Å². The fourth-order valence-corrected chi connectivity index (χ4v) is 3.51. The minimum Gasteiger partial charge on any atom is -0.490 e. The number of ether oxygens (including phenoxy) is 2. The molecule has 0 unspecified atom stereocenters. The van der Waals surface area contributed by atoms with Crippen LogP contribution in [0.25, 0.3) is 6.08 Å². The lowest BCUT2D eigenvalue weighted by Crippen LogP contribution is -2.28. The van der Waals surface area contributed by atoms with Crippen molar-refractivity contribution < 1.29 is 14.3 Å². The van der Waals surface area contributed by atoms with Gasteiger partial charge in [0.15, 0.2) is 11.5 Å². The second kappa shape index (κ2) is 10.4. The molecule has 0 spiro atoms. The second-order valence-electron chi connectivity index (χ2n) is 6.85. The first-order valence-corrected chi connectivity index (χ1v) is 10.5. The van der Waals surface area contributed by atoms with Gasteiger partial charge in [-0.2, -0.15) is 5.26 Å². The molecule has 0 atom stereocenters. The Hall–Kier alpha value is -2.68. The Morgan fingerprint density at radius 3 is 2.53 bits per heavy atom. The molecule has 0 N–H and O–H groups in total. The maximum atomic E-state index is 12.5. The molecule has 0 saturated carbocycles. The zero-order valence-electron chi connectivity index (χ0n) is 16.7. The first kappa shape index (κ1) is 22.0. The number of hydrogen-bond donors (Lipinski definition) is 0. The molecule has 0 bridgehead atoms. The highest BCUT2D eigenvalue weighted by molar-refractivity contribution is 6.42. The third-order valence-corrected chi connectivity index (χ3v) is 5.44. The fraction of sp³-hybridized carbons (Fsp3) is 0.304. The summed E-state index contributed by atoms with van der Waals surface area (Å²) in [5, 5.41) is 10.4. The normalized spacial score (nSPS) is 13.8. The van der Waals surface area contributed by atoms with Crippen LogP contribution in [0.3, 0.4) is 0 Å². The Bertz CT molecular complexity index is 992. The Morgan fingerprint density at radius 1 is 1.10 bits per heavy atom. The van der Waals surface area contributed by atoms with Crippen molar-refractivity contribution in [3.63, 3.8) is 0 Å². The van der Waals surface area contributed by atoms with E-state index < -0.39 is 0 Å². The van der Waals surface area contributed by atoms with Crippen molar-refractivity contribution in [1.29, 1.82) is 5.26 Å². The van der Waals surface area contributed by atoms with Crippen molar-refractivity contribution in [2.45, 2.75) is 26.4 Å². The van der Waals surface area contributed by atoms with E-state index in [0.717, 1.165) is 18.4 Å². The van der Waals surface area contributed by atoms with E-state index in [0.29, 0.717) is 53.4 Å². The lowest BCUT2D eigenvalue weighted by atomic mass is 10.1. The number of nitriles is 1. The highest BCUT2D eigenvalue weighted by atomic mass is 35.5. The van der Waals surface area contributed by atoms with Gasteiger partial charge in [-0.15, -0.1) is 0 Å². The number of benzene rings is 2. The number of rotatable bonds is 7. The molecule has 0 aliphatic carbocycles. The molecule has 1 heterocycles. The van der Waals surface area contributed by atoms with Crippen LogP contribution in [0.1, 0.15) is 30.9 Å². The standard InChI is InChI=1S/C23H22Cl2N2O3/c1-2-29-22-13-16(11-18(14-26)23(28)27-9-3-4-10-27)6-8-21(22)30-15-17-5-7-19(24)20(25)12-17/h5-8,11-13H,2-4,9-10,15H2,1H3/b18-11+. The number of halogens is 2. The molecule has 2 aromatic rings. The van der Waals surface area contributed by atoms with Gasteiger partial charge in [0.05, 0.1) is 16.7 Å². The zero-order valence-corrected chi connectivity index (χ0v) is 18.2. The van der Waals surface area contributed by atoms with E-state index in [1.807, 2.05) is 19.1 Å². The van der Waals surface area contributed by atoms with E-state index in [1.54, 1.807) is 41.3 Å². The Labute approximate surface area is 186 Å². The average Bonchev–Trinajstić information content (AvgIpc) is 3.28. The Balaban J connectivity index is 1.79. The SMILES string of the molecule is CCOc1cc(/C=C(\C#N)C(=O)N2CCCC2)ccc1OCc1ccc(Cl)c(Cl)c1. The molecule has 156 valence electrons. The number of nitrogens with zero attached hydrogens (tertiary/aromatic N) is 2. The van der Waals surface area contributed by atoms with Crippen molar-refractivity contribution >= 4 is 35.2 Å². The molecule has 0 aromatic heterocycles. The summed E-state index contributed by atoms with van der Waals surface area (Å²) < 4.78 is 11.6. The van der Waals surface area contributed by atoms with Crippen LogP contribution >= 0.6 is 23.2 Å². The highest BCUT2D eigenvalue weighted by Gasteiger charge is 2.21. The predicted octanol–water partition coefficient (Wildman–Crippen LogP) is 5.50.